The summed E-state index contributed by atoms with van der Waals surface area (Å²) in [5.74, 6) is -0.329. The zero-order chi connectivity index (χ0) is 22.0. The van der Waals surface area contributed by atoms with E-state index < -0.39 is 15.8 Å². The van der Waals surface area contributed by atoms with Crippen LogP contribution in [0.1, 0.15) is 42.6 Å². The molecule has 1 aliphatic rings. The molecule has 0 spiro atoms. The monoisotopic (exact) mass is 444 g/mol. The van der Waals surface area contributed by atoms with E-state index in [-0.39, 0.29) is 41.6 Å². The number of halogens is 1. The van der Waals surface area contributed by atoms with E-state index in [0.29, 0.717) is 12.4 Å². The van der Waals surface area contributed by atoms with Crippen LogP contribution >= 0.6 is 0 Å². The number of rotatable bonds is 7. The van der Waals surface area contributed by atoms with Gasteiger partial charge in [0.25, 0.3) is 0 Å². The molecule has 162 valence electrons. The fraction of sp³-hybridized carbons (Fsp3) is 0.286. The highest BCUT2D eigenvalue weighted by Crippen LogP contribution is 2.33. The van der Waals surface area contributed by atoms with Crippen LogP contribution < -0.4 is 4.72 Å². The number of carbonyl (C=O) groups excluding carboxylic acids is 1. The Morgan fingerprint density at radius 3 is 2.61 bits per heavy atom. The fourth-order valence-corrected chi connectivity index (χ4v) is 4.52. The van der Waals surface area contributed by atoms with Crippen LogP contribution in [0.5, 0.6) is 0 Å². The van der Waals surface area contributed by atoms with Gasteiger partial charge < -0.3 is 9.42 Å². The van der Waals surface area contributed by atoms with E-state index in [0.717, 1.165) is 17.7 Å². The molecule has 3 aromatic rings. The predicted octanol–water partition coefficient (Wildman–Crippen LogP) is 2.76. The molecule has 8 nitrogen and oxygen atoms in total. The molecule has 1 amide bonds. The highest BCUT2D eigenvalue weighted by Gasteiger charge is 2.37. The molecule has 1 aromatic heterocycles. The van der Waals surface area contributed by atoms with Crippen molar-refractivity contribution in [2.75, 3.05) is 6.54 Å². The second-order valence-electron chi connectivity index (χ2n) is 7.36. The van der Waals surface area contributed by atoms with Gasteiger partial charge in [0.15, 0.2) is 5.82 Å². The van der Waals surface area contributed by atoms with Crippen LogP contribution in [-0.4, -0.2) is 35.9 Å². The van der Waals surface area contributed by atoms with Crippen LogP contribution in [-0.2, 0) is 21.4 Å². The molecule has 2 aromatic carbocycles. The van der Waals surface area contributed by atoms with E-state index in [2.05, 4.69) is 14.9 Å². The molecule has 2 heterocycles. The highest BCUT2D eigenvalue weighted by molar-refractivity contribution is 7.89. The molecule has 1 N–H and O–H groups in total. The van der Waals surface area contributed by atoms with Crippen molar-refractivity contribution in [2.45, 2.75) is 36.7 Å². The quantitative estimate of drug-likeness (QED) is 0.601. The summed E-state index contributed by atoms with van der Waals surface area (Å²) in [6.45, 7) is 2.23. The largest absolute Gasteiger partial charge is 0.339 e. The molecule has 0 bridgehead atoms. The summed E-state index contributed by atoms with van der Waals surface area (Å²) >= 11 is 0. The van der Waals surface area contributed by atoms with Crippen molar-refractivity contribution < 1.29 is 22.1 Å². The van der Waals surface area contributed by atoms with E-state index in [1.807, 2.05) is 37.3 Å². The lowest BCUT2D eigenvalue weighted by Crippen LogP contribution is -2.28. The van der Waals surface area contributed by atoms with E-state index in [9.17, 15) is 17.6 Å². The predicted molar refractivity (Wildman–Crippen MR) is 109 cm³/mol. The summed E-state index contributed by atoms with van der Waals surface area (Å²) in [7, 11) is -3.85. The van der Waals surface area contributed by atoms with Gasteiger partial charge in [-0.2, -0.15) is 4.98 Å². The van der Waals surface area contributed by atoms with Gasteiger partial charge in [-0.1, -0.05) is 35.5 Å². The molecule has 1 saturated heterocycles. The maximum atomic E-state index is 13.0. The smallest absolute Gasteiger partial charge is 0.240 e. The minimum absolute atomic E-state index is 0.00174. The lowest BCUT2D eigenvalue weighted by atomic mass is 10.1. The van der Waals surface area contributed by atoms with Crippen molar-refractivity contribution in [2.24, 2.45) is 0 Å². The fourth-order valence-electron chi connectivity index (χ4n) is 3.54. The van der Waals surface area contributed by atoms with Gasteiger partial charge in [0, 0.05) is 13.0 Å². The van der Waals surface area contributed by atoms with Crippen LogP contribution in [0.4, 0.5) is 4.39 Å². The van der Waals surface area contributed by atoms with E-state index in [1.54, 1.807) is 4.90 Å². The van der Waals surface area contributed by atoms with Crippen LogP contribution in [0.2, 0.25) is 0 Å². The topological polar surface area (TPSA) is 105 Å². The molecule has 1 fully saturated rings. The Balaban J connectivity index is 1.40. The second kappa shape index (κ2) is 8.56. The van der Waals surface area contributed by atoms with Crippen LogP contribution in [0.25, 0.3) is 0 Å². The standard InChI is InChI=1S/C21H21FN4O4S/c1-14(15-5-3-2-4-6-15)26-13-16(11-20(26)27)21-24-19(25-30-21)12-23-31(28,29)18-9-7-17(22)8-10-18/h2-10,14,16,23H,11-13H2,1H3. The van der Waals surface area contributed by atoms with E-state index in [1.165, 1.54) is 12.1 Å². The lowest BCUT2D eigenvalue weighted by molar-refractivity contribution is -0.129. The zero-order valence-electron chi connectivity index (χ0n) is 16.7. The SMILES string of the molecule is CC(c1ccccc1)N1CC(c2nc(CNS(=O)(=O)c3ccc(F)cc3)no2)CC1=O. The third kappa shape index (κ3) is 4.64. The van der Waals surface area contributed by atoms with Gasteiger partial charge in [-0.05, 0) is 36.8 Å². The average Bonchev–Trinajstić information content (AvgIpc) is 3.39. The van der Waals surface area contributed by atoms with E-state index >= 15 is 0 Å². The number of likely N-dealkylation sites (tertiary alicyclic amines) is 1. The second-order valence-corrected chi connectivity index (χ2v) is 9.13. The van der Waals surface area contributed by atoms with Crippen molar-refractivity contribution in [3.8, 4) is 0 Å². The minimum atomic E-state index is -3.85. The zero-order valence-corrected chi connectivity index (χ0v) is 17.5. The van der Waals surface area contributed by atoms with Gasteiger partial charge >= 0.3 is 0 Å². The molecule has 2 atom stereocenters. The van der Waals surface area contributed by atoms with Crippen molar-refractivity contribution in [1.82, 2.24) is 19.8 Å². The van der Waals surface area contributed by atoms with Gasteiger partial charge in [0.05, 0.1) is 23.4 Å². The Kier molecular flexibility index (Phi) is 5.84. The molecule has 10 heteroatoms. The number of carbonyl (C=O) groups is 1. The first-order valence-corrected chi connectivity index (χ1v) is 11.2. The Morgan fingerprint density at radius 1 is 1.19 bits per heavy atom. The first kappa shape index (κ1) is 21.1. The average molecular weight is 444 g/mol. The normalized spacial score (nSPS) is 17.8. The highest BCUT2D eigenvalue weighted by atomic mass is 32.2. The number of aromatic nitrogens is 2. The van der Waals surface area contributed by atoms with Crippen LogP contribution in [0.15, 0.2) is 64.0 Å². The van der Waals surface area contributed by atoms with Crippen LogP contribution in [0.3, 0.4) is 0 Å². The van der Waals surface area contributed by atoms with E-state index in [4.69, 9.17) is 4.52 Å². The minimum Gasteiger partial charge on any atom is -0.339 e. The first-order chi connectivity index (χ1) is 14.8. The van der Waals surface area contributed by atoms with Crippen molar-refractivity contribution in [3.05, 3.63) is 77.7 Å². The van der Waals surface area contributed by atoms with Gasteiger partial charge in [-0.3, -0.25) is 4.79 Å². The maximum Gasteiger partial charge on any atom is 0.240 e. The summed E-state index contributed by atoms with van der Waals surface area (Å²) in [6.07, 6.45) is 0.250. The molecular weight excluding hydrogens is 423 g/mol. The van der Waals surface area contributed by atoms with Gasteiger partial charge in [0.1, 0.15) is 5.82 Å². The van der Waals surface area contributed by atoms with Crippen molar-refractivity contribution in [1.29, 1.82) is 0 Å². The van der Waals surface area contributed by atoms with Gasteiger partial charge in [-0.25, -0.2) is 17.5 Å². The number of nitrogens with one attached hydrogen (secondary N) is 1. The van der Waals surface area contributed by atoms with Crippen molar-refractivity contribution in [3.63, 3.8) is 0 Å². The molecule has 1 aliphatic heterocycles. The maximum absolute atomic E-state index is 13.0. The summed E-state index contributed by atoms with van der Waals surface area (Å²) in [6, 6.07) is 14.1. The summed E-state index contributed by atoms with van der Waals surface area (Å²) < 4.78 is 45.3. The molecule has 0 aliphatic carbocycles. The number of benzene rings is 2. The summed E-state index contributed by atoms with van der Waals surface area (Å²) in [5, 5.41) is 3.82. The lowest BCUT2D eigenvalue weighted by Gasteiger charge is -2.24. The van der Waals surface area contributed by atoms with Gasteiger partial charge in [0.2, 0.25) is 21.8 Å². The molecule has 2 unspecified atom stereocenters. The summed E-state index contributed by atoms with van der Waals surface area (Å²) in [5.41, 5.74) is 1.04. The third-order valence-corrected chi connectivity index (χ3v) is 6.70. The molecule has 4 rings (SSSR count). The summed E-state index contributed by atoms with van der Waals surface area (Å²) in [4.78, 5) is 18.5. The molecule has 31 heavy (non-hydrogen) atoms. The third-order valence-electron chi connectivity index (χ3n) is 5.29. The Bertz CT molecular complexity index is 1170. The first-order valence-electron chi connectivity index (χ1n) is 9.75. The molecule has 0 saturated carbocycles. The molecular formula is C21H21FN4O4S. The number of hydrogen-bond acceptors (Lipinski definition) is 6. The Labute approximate surface area is 179 Å². The number of hydrogen-bond donors (Lipinski definition) is 1. The van der Waals surface area contributed by atoms with Crippen molar-refractivity contribution >= 4 is 15.9 Å². The number of amides is 1. The van der Waals surface area contributed by atoms with Gasteiger partial charge in [-0.15, -0.1) is 0 Å². The number of sulfonamides is 1. The molecule has 0 radical (unpaired) electrons. The Hall–Kier alpha value is -3.11. The van der Waals surface area contributed by atoms with Crippen LogP contribution in [0, 0.1) is 5.82 Å². The Morgan fingerprint density at radius 2 is 1.90 bits per heavy atom. The number of nitrogens with zero attached hydrogens (tertiary/aromatic N) is 3.